The average Bonchev–Trinajstić information content (AvgIpc) is 3.23. The molecule has 0 fully saturated rings. The maximum absolute atomic E-state index is 14.2. The maximum Gasteiger partial charge on any atom is 0.334 e. The van der Waals surface area contributed by atoms with Gasteiger partial charge in [0, 0.05) is 28.6 Å². The van der Waals surface area contributed by atoms with Crippen LogP contribution in [0.4, 0.5) is 0 Å². The SMILES string of the molecule is CCOC(=O)[C@]12C(=O)Oc3cc(OC)cc(OC)c3[C@H]1c1cc(Cl)ccc1/C2=C\c1ccc2ccccc2c1. The summed E-state index contributed by atoms with van der Waals surface area (Å²) in [6, 6.07) is 22.7. The van der Waals surface area contributed by atoms with Crippen LogP contribution in [0.5, 0.6) is 17.2 Å². The van der Waals surface area contributed by atoms with Gasteiger partial charge in [0.1, 0.15) is 17.2 Å². The van der Waals surface area contributed by atoms with Gasteiger partial charge in [-0.15, -0.1) is 0 Å². The number of methoxy groups -OCH3 is 2. The fraction of sp³-hybridized carbons (Fsp3) is 0.188. The van der Waals surface area contributed by atoms with Gasteiger partial charge >= 0.3 is 11.9 Å². The van der Waals surface area contributed by atoms with Crippen molar-refractivity contribution in [3.63, 3.8) is 0 Å². The van der Waals surface area contributed by atoms with Crippen LogP contribution in [0.3, 0.4) is 0 Å². The Kier molecular flexibility index (Phi) is 6.07. The van der Waals surface area contributed by atoms with Gasteiger partial charge in [0.25, 0.3) is 0 Å². The second kappa shape index (κ2) is 9.47. The summed E-state index contributed by atoms with van der Waals surface area (Å²) in [5, 5.41) is 2.60. The van der Waals surface area contributed by atoms with E-state index in [0.717, 1.165) is 16.3 Å². The van der Waals surface area contributed by atoms with Crippen molar-refractivity contribution in [1.82, 2.24) is 0 Å². The van der Waals surface area contributed by atoms with E-state index >= 15 is 0 Å². The van der Waals surface area contributed by atoms with Crippen LogP contribution in [0.2, 0.25) is 5.02 Å². The van der Waals surface area contributed by atoms with Crippen LogP contribution in [-0.2, 0) is 14.3 Å². The van der Waals surface area contributed by atoms with Crippen LogP contribution in [0, 0.1) is 5.41 Å². The molecule has 0 unspecified atom stereocenters. The minimum Gasteiger partial charge on any atom is -0.496 e. The van der Waals surface area contributed by atoms with Gasteiger partial charge in [0.05, 0.1) is 20.8 Å². The number of esters is 2. The van der Waals surface area contributed by atoms with E-state index in [1.165, 1.54) is 14.2 Å². The number of carbonyl (C=O) groups is 2. The summed E-state index contributed by atoms with van der Waals surface area (Å²) < 4.78 is 22.7. The minimum atomic E-state index is -1.82. The molecule has 7 heteroatoms. The van der Waals surface area contributed by atoms with E-state index in [2.05, 4.69) is 0 Å². The molecule has 6 nitrogen and oxygen atoms in total. The summed E-state index contributed by atoms with van der Waals surface area (Å²) in [6.45, 7) is 1.80. The number of hydrogen-bond donors (Lipinski definition) is 0. The van der Waals surface area contributed by atoms with Crippen LogP contribution in [0.1, 0.15) is 35.1 Å². The highest BCUT2D eigenvalue weighted by Crippen LogP contribution is 2.65. The molecule has 4 aromatic carbocycles. The molecule has 1 aliphatic carbocycles. The van der Waals surface area contributed by atoms with Crippen LogP contribution in [-0.4, -0.2) is 32.8 Å². The van der Waals surface area contributed by atoms with E-state index < -0.39 is 23.3 Å². The van der Waals surface area contributed by atoms with Gasteiger partial charge in [-0.05, 0) is 64.2 Å². The first-order valence-corrected chi connectivity index (χ1v) is 13.0. The van der Waals surface area contributed by atoms with E-state index in [1.807, 2.05) is 54.6 Å². The molecule has 0 radical (unpaired) electrons. The maximum atomic E-state index is 14.2. The van der Waals surface area contributed by atoms with Crippen LogP contribution >= 0.6 is 11.6 Å². The van der Waals surface area contributed by atoms with Gasteiger partial charge in [-0.1, -0.05) is 54.1 Å². The molecular weight excluding hydrogens is 516 g/mol. The number of benzene rings is 4. The molecule has 6 rings (SSSR count). The third kappa shape index (κ3) is 3.70. The Bertz CT molecular complexity index is 1690. The zero-order valence-corrected chi connectivity index (χ0v) is 22.4. The van der Waals surface area contributed by atoms with Crippen molar-refractivity contribution >= 4 is 46.0 Å². The Morgan fingerprint density at radius 3 is 2.54 bits per heavy atom. The predicted octanol–water partition coefficient (Wildman–Crippen LogP) is 6.67. The van der Waals surface area contributed by atoms with Crippen LogP contribution < -0.4 is 14.2 Å². The van der Waals surface area contributed by atoms with Crippen molar-refractivity contribution in [3.05, 3.63) is 100 Å². The molecule has 0 N–H and O–H groups in total. The lowest BCUT2D eigenvalue weighted by atomic mass is 9.68. The highest BCUT2D eigenvalue weighted by atomic mass is 35.5. The monoisotopic (exact) mass is 540 g/mol. The second-order valence-electron chi connectivity index (χ2n) is 9.49. The van der Waals surface area contributed by atoms with Crippen molar-refractivity contribution in [2.45, 2.75) is 12.8 Å². The molecule has 0 amide bonds. The molecule has 0 bridgehead atoms. The largest absolute Gasteiger partial charge is 0.496 e. The van der Waals surface area contributed by atoms with Crippen molar-refractivity contribution in [2.75, 3.05) is 20.8 Å². The van der Waals surface area contributed by atoms with Crippen LogP contribution in [0.15, 0.2) is 72.8 Å². The second-order valence-corrected chi connectivity index (χ2v) is 9.93. The molecule has 2 atom stereocenters. The van der Waals surface area contributed by atoms with Crippen molar-refractivity contribution in [2.24, 2.45) is 5.41 Å². The molecule has 39 heavy (non-hydrogen) atoms. The first-order valence-electron chi connectivity index (χ1n) is 12.6. The van der Waals surface area contributed by atoms with Gasteiger partial charge < -0.3 is 18.9 Å². The Balaban J connectivity index is 1.70. The van der Waals surface area contributed by atoms with Gasteiger partial charge in [-0.3, -0.25) is 4.79 Å². The van der Waals surface area contributed by atoms with Gasteiger partial charge in [-0.2, -0.15) is 0 Å². The molecule has 0 spiro atoms. The summed E-state index contributed by atoms with van der Waals surface area (Å²) in [6.07, 6.45) is 1.87. The quantitative estimate of drug-likeness (QED) is 0.160. The van der Waals surface area contributed by atoms with E-state index in [4.69, 9.17) is 30.5 Å². The number of rotatable bonds is 5. The topological polar surface area (TPSA) is 71.1 Å². The van der Waals surface area contributed by atoms with Gasteiger partial charge in [-0.25, -0.2) is 4.79 Å². The van der Waals surface area contributed by atoms with Crippen LogP contribution in [0.25, 0.3) is 22.4 Å². The number of fused-ring (bicyclic) bond motifs is 6. The van der Waals surface area contributed by atoms with E-state index in [1.54, 1.807) is 31.2 Å². The molecule has 196 valence electrons. The first kappa shape index (κ1) is 25.0. The zero-order chi connectivity index (χ0) is 27.3. The highest BCUT2D eigenvalue weighted by molar-refractivity contribution is 6.31. The Morgan fingerprint density at radius 1 is 1.00 bits per heavy atom. The molecule has 0 aromatic heterocycles. The Hall–Kier alpha value is -4.29. The van der Waals surface area contributed by atoms with Crippen molar-refractivity contribution in [1.29, 1.82) is 0 Å². The van der Waals surface area contributed by atoms with Crippen molar-refractivity contribution < 1.29 is 28.5 Å². The number of carbonyl (C=O) groups excluding carboxylic acids is 2. The first-order chi connectivity index (χ1) is 18.9. The highest BCUT2D eigenvalue weighted by Gasteiger charge is 2.66. The normalized spacial score (nSPS) is 20.2. The van der Waals surface area contributed by atoms with Crippen molar-refractivity contribution in [3.8, 4) is 17.2 Å². The standard InChI is InChI=1S/C32H25ClO6/c1-4-38-30(34)32-25(14-18-9-10-19-7-5-6-8-20(19)13-18)23-12-11-21(33)15-24(23)29(32)28-26(37-3)16-22(36-2)17-27(28)39-31(32)35/h5-17,29H,4H2,1-3H3/b25-14+/t29-,32-/m1/s1. The molecule has 2 aliphatic rings. The zero-order valence-electron chi connectivity index (χ0n) is 21.6. The lowest BCUT2D eigenvalue weighted by molar-refractivity contribution is -0.164. The van der Waals surface area contributed by atoms with E-state index in [-0.39, 0.29) is 12.4 Å². The molecule has 0 saturated heterocycles. The summed E-state index contributed by atoms with van der Waals surface area (Å²) in [7, 11) is 3.04. The summed E-state index contributed by atoms with van der Waals surface area (Å²) in [5.41, 5.74) is 1.48. The summed E-state index contributed by atoms with van der Waals surface area (Å²) in [5.74, 6) is -1.07. The fourth-order valence-electron chi connectivity index (χ4n) is 5.84. The van der Waals surface area contributed by atoms with E-state index in [0.29, 0.717) is 38.8 Å². The summed E-state index contributed by atoms with van der Waals surface area (Å²) >= 11 is 6.50. The fourth-order valence-corrected chi connectivity index (χ4v) is 6.02. The van der Waals surface area contributed by atoms with E-state index in [9.17, 15) is 9.59 Å². The van der Waals surface area contributed by atoms with Gasteiger partial charge in [0.2, 0.25) is 5.41 Å². The Labute approximate surface area is 230 Å². The summed E-state index contributed by atoms with van der Waals surface area (Å²) in [4.78, 5) is 28.2. The third-order valence-corrected chi connectivity index (χ3v) is 7.74. The minimum absolute atomic E-state index is 0.0908. The smallest absolute Gasteiger partial charge is 0.334 e. The lowest BCUT2D eigenvalue weighted by Gasteiger charge is -2.38. The van der Waals surface area contributed by atoms with Gasteiger partial charge in [0.15, 0.2) is 0 Å². The Morgan fingerprint density at radius 2 is 1.79 bits per heavy atom. The molecule has 0 saturated carbocycles. The molecule has 4 aromatic rings. The number of ether oxygens (including phenoxy) is 4. The molecular formula is C32H25ClO6. The predicted molar refractivity (Wildman–Crippen MR) is 149 cm³/mol. The molecule has 1 aliphatic heterocycles. The lowest BCUT2D eigenvalue weighted by Crippen LogP contribution is -2.49. The number of halogens is 1. The molecule has 1 heterocycles. The number of hydrogen-bond acceptors (Lipinski definition) is 6. The third-order valence-electron chi connectivity index (χ3n) is 7.50. The average molecular weight is 541 g/mol.